The van der Waals surface area contributed by atoms with Crippen LogP contribution in [0.1, 0.15) is 22.8 Å². The van der Waals surface area contributed by atoms with Gasteiger partial charge in [0.25, 0.3) is 5.91 Å². The number of anilines is 2. The number of thiocarbonyl (C=S) groups is 1. The van der Waals surface area contributed by atoms with E-state index in [1.807, 2.05) is 19.1 Å². The number of aryl methyl sites for hydroxylation is 1. The smallest absolute Gasteiger partial charge is 0.257 e. The van der Waals surface area contributed by atoms with Gasteiger partial charge in [0, 0.05) is 27.4 Å². The van der Waals surface area contributed by atoms with Crippen molar-refractivity contribution in [1.29, 1.82) is 0 Å². The van der Waals surface area contributed by atoms with Crippen LogP contribution >= 0.6 is 34.8 Å². The van der Waals surface area contributed by atoms with Crippen molar-refractivity contribution >= 4 is 63.1 Å². The summed E-state index contributed by atoms with van der Waals surface area (Å²) in [4.78, 5) is 23.2. The monoisotopic (exact) mass is 453 g/mol. The lowest BCUT2D eigenvalue weighted by Gasteiger charge is -2.11. The first kappa shape index (κ1) is 18.3. The van der Waals surface area contributed by atoms with Gasteiger partial charge in [0.15, 0.2) is 5.11 Å². The first-order chi connectivity index (χ1) is 11.3. The zero-order chi connectivity index (χ0) is 17.7. The van der Waals surface area contributed by atoms with Gasteiger partial charge in [0.05, 0.1) is 0 Å². The highest BCUT2D eigenvalue weighted by Crippen LogP contribution is 2.15. The van der Waals surface area contributed by atoms with Crippen molar-refractivity contribution in [2.75, 3.05) is 10.6 Å². The molecule has 3 N–H and O–H groups in total. The van der Waals surface area contributed by atoms with Crippen LogP contribution in [0.4, 0.5) is 11.4 Å². The van der Waals surface area contributed by atoms with Crippen molar-refractivity contribution in [2.45, 2.75) is 13.8 Å². The molecule has 0 unspecified atom stereocenters. The average Bonchev–Trinajstić information content (AvgIpc) is 2.51. The Balaban J connectivity index is 1.96. The van der Waals surface area contributed by atoms with Gasteiger partial charge in [-0.05, 0) is 83.7 Å². The third kappa shape index (κ3) is 5.27. The van der Waals surface area contributed by atoms with Crippen LogP contribution in [0.5, 0.6) is 0 Å². The Morgan fingerprint density at radius 1 is 1.00 bits per heavy atom. The Morgan fingerprint density at radius 2 is 1.58 bits per heavy atom. The maximum absolute atomic E-state index is 12.2. The lowest BCUT2D eigenvalue weighted by atomic mass is 10.1. The van der Waals surface area contributed by atoms with Crippen LogP contribution in [0.25, 0.3) is 0 Å². The zero-order valence-corrected chi connectivity index (χ0v) is 16.1. The van der Waals surface area contributed by atoms with Crippen molar-refractivity contribution in [3.8, 4) is 0 Å². The van der Waals surface area contributed by atoms with Gasteiger partial charge in [-0.2, -0.15) is 0 Å². The molecule has 2 aromatic carbocycles. The summed E-state index contributed by atoms with van der Waals surface area (Å²) >= 11 is 7.35. The second-order valence-corrected chi connectivity index (χ2v) is 6.70. The number of rotatable bonds is 3. The molecule has 124 valence electrons. The van der Waals surface area contributed by atoms with Gasteiger partial charge in [-0.25, -0.2) is 0 Å². The molecule has 0 aliphatic heterocycles. The maximum atomic E-state index is 12.2. The minimum absolute atomic E-state index is 0.133. The molecule has 0 aliphatic rings. The summed E-state index contributed by atoms with van der Waals surface area (Å²) in [5.74, 6) is -0.397. The van der Waals surface area contributed by atoms with Crippen molar-refractivity contribution in [3.05, 3.63) is 57.2 Å². The van der Waals surface area contributed by atoms with Crippen LogP contribution in [-0.4, -0.2) is 16.9 Å². The van der Waals surface area contributed by atoms with E-state index in [4.69, 9.17) is 12.2 Å². The van der Waals surface area contributed by atoms with E-state index in [-0.39, 0.29) is 16.9 Å². The van der Waals surface area contributed by atoms with E-state index >= 15 is 0 Å². The number of hydrogen-bond acceptors (Lipinski definition) is 3. The molecule has 0 aromatic heterocycles. The number of halogens is 1. The Bertz CT molecular complexity index is 791. The van der Waals surface area contributed by atoms with Crippen LogP contribution in [0.15, 0.2) is 42.5 Å². The average molecular weight is 453 g/mol. The number of nitrogens with one attached hydrogen (secondary N) is 3. The van der Waals surface area contributed by atoms with Gasteiger partial charge in [-0.1, -0.05) is 6.07 Å². The van der Waals surface area contributed by atoms with Crippen molar-refractivity contribution in [2.24, 2.45) is 0 Å². The van der Waals surface area contributed by atoms with E-state index in [0.29, 0.717) is 16.9 Å². The molecule has 0 atom stereocenters. The Morgan fingerprint density at radius 3 is 2.12 bits per heavy atom. The molecule has 0 saturated heterocycles. The van der Waals surface area contributed by atoms with Gasteiger partial charge in [-0.15, -0.1) is 0 Å². The quantitative estimate of drug-likeness (QED) is 0.490. The minimum atomic E-state index is -0.264. The second-order valence-electron chi connectivity index (χ2n) is 5.13. The van der Waals surface area contributed by atoms with Crippen molar-refractivity contribution in [1.82, 2.24) is 5.32 Å². The zero-order valence-electron chi connectivity index (χ0n) is 13.1. The molecule has 2 aromatic rings. The second kappa shape index (κ2) is 8.20. The molecule has 0 heterocycles. The number of carbonyl (C=O) groups is 2. The van der Waals surface area contributed by atoms with E-state index in [1.54, 1.807) is 30.3 Å². The lowest BCUT2D eigenvalue weighted by molar-refractivity contribution is -0.114. The molecular weight excluding hydrogens is 437 g/mol. The fraction of sp³-hybridized carbons (Fsp3) is 0.118. The largest absolute Gasteiger partial charge is 0.332 e. The van der Waals surface area contributed by atoms with Crippen LogP contribution in [-0.2, 0) is 4.79 Å². The molecule has 2 amide bonds. The van der Waals surface area contributed by atoms with Gasteiger partial charge < -0.3 is 10.6 Å². The molecule has 0 radical (unpaired) electrons. The lowest BCUT2D eigenvalue weighted by Crippen LogP contribution is -2.34. The number of hydrogen-bond donors (Lipinski definition) is 3. The Kier molecular flexibility index (Phi) is 6.27. The molecule has 24 heavy (non-hydrogen) atoms. The predicted molar refractivity (Wildman–Crippen MR) is 108 cm³/mol. The molecule has 5 nitrogen and oxygen atoms in total. The van der Waals surface area contributed by atoms with E-state index in [0.717, 1.165) is 9.13 Å². The highest BCUT2D eigenvalue weighted by atomic mass is 127. The Hall–Kier alpha value is -2.00. The fourth-order valence-electron chi connectivity index (χ4n) is 1.91. The maximum Gasteiger partial charge on any atom is 0.257 e. The normalized spacial score (nSPS) is 9.96. The van der Waals surface area contributed by atoms with Gasteiger partial charge in [0.1, 0.15) is 0 Å². The van der Waals surface area contributed by atoms with Crippen LogP contribution in [0, 0.1) is 10.5 Å². The van der Waals surface area contributed by atoms with Crippen LogP contribution in [0.3, 0.4) is 0 Å². The van der Waals surface area contributed by atoms with E-state index in [9.17, 15) is 9.59 Å². The molecule has 7 heteroatoms. The molecule has 0 spiro atoms. The first-order valence-electron chi connectivity index (χ1n) is 7.11. The number of benzene rings is 2. The summed E-state index contributed by atoms with van der Waals surface area (Å²) in [5.41, 5.74) is 3.08. The third-order valence-corrected chi connectivity index (χ3v) is 4.49. The molecular formula is C17H16IN3O2S. The molecule has 0 fully saturated rings. The molecule has 2 rings (SSSR count). The summed E-state index contributed by atoms with van der Waals surface area (Å²) < 4.78 is 1.02. The minimum Gasteiger partial charge on any atom is -0.332 e. The summed E-state index contributed by atoms with van der Waals surface area (Å²) in [7, 11) is 0. The van der Waals surface area contributed by atoms with Crippen molar-refractivity contribution < 1.29 is 9.59 Å². The van der Waals surface area contributed by atoms with E-state index in [1.165, 1.54) is 6.92 Å². The van der Waals surface area contributed by atoms with Crippen molar-refractivity contribution in [3.63, 3.8) is 0 Å². The summed E-state index contributed by atoms with van der Waals surface area (Å²) in [5, 5.41) is 8.47. The van der Waals surface area contributed by atoms with Crippen LogP contribution in [0.2, 0.25) is 0 Å². The molecule has 0 saturated carbocycles. The highest BCUT2D eigenvalue weighted by Gasteiger charge is 2.09. The highest BCUT2D eigenvalue weighted by molar-refractivity contribution is 14.1. The number of amides is 2. The fourth-order valence-corrected chi connectivity index (χ4v) is 2.64. The standard InChI is InChI=1S/C17H16IN3O2S/c1-10-3-4-12(9-15(10)18)16(23)21-17(24)20-14-7-5-13(6-8-14)19-11(2)22/h3-9H,1-2H3,(H,19,22)(H2,20,21,23,24). The molecule has 0 aliphatic carbocycles. The Labute approximate surface area is 159 Å². The molecule has 0 bridgehead atoms. The predicted octanol–water partition coefficient (Wildman–Crippen LogP) is 3.68. The SMILES string of the molecule is CC(=O)Nc1ccc(NC(=S)NC(=O)c2ccc(C)c(I)c2)cc1. The van der Waals surface area contributed by atoms with Crippen LogP contribution < -0.4 is 16.0 Å². The van der Waals surface area contributed by atoms with E-state index in [2.05, 4.69) is 38.5 Å². The van der Waals surface area contributed by atoms with Gasteiger partial charge in [-0.3, -0.25) is 14.9 Å². The summed E-state index contributed by atoms with van der Waals surface area (Å²) in [6.07, 6.45) is 0. The van der Waals surface area contributed by atoms with Gasteiger partial charge in [0.2, 0.25) is 5.91 Å². The summed E-state index contributed by atoms with van der Waals surface area (Å²) in [6, 6.07) is 12.5. The summed E-state index contributed by atoms with van der Waals surface area (Å²) in [6.45, 7) is 3.43. The third-order valence-electron chi connectivity index (χ3n) is 3.12. The van der Waals surface area contributed by atoms with Gasteiger partial charge >= 0.3 is 0 Å². The van der Waals surface area contributed by atoms with E-state index < -0.39 is 0 Å². The topological polar surface area (TPSA) is 70.2 Å². The first-order valence-corrected chi connectivity index (χ1v) is 8.60. The number of carbonyl (C=O) groups excluding carboxylic acids is 2.